The third-order valence-electron chi connectivity index (χ3n) is 0.910. The molecule has 0 aliphatic rings. The summed E-state index contributed by atoms with van der Waals surface area (Å²) in [5.41, 5.74) is 0.00664. The van der Waals surface area contributed by atoms with Crippen molar-refractivity contribution in [3.63, 3.8) is 0 Å². The Labute approximate surface area is 72.2 Å². The predicted octanol–water partition coefficient (Wildman–Crippen LogP) is 1.24. The van der Waals surface area contributed by atoms with E-state index in [1.807, 2.05) is 0 Å². The molecule has 0 heterocycles. The molecule has 74 valence electrons. The zero-order valence-corrected chi connectivity index (χ0v) is 6.72. The normalized spacial score (nSPS) is 12.5. The highest BCUT2D eigenvalue weighted by atomic mass is 19.4. The highest BCUT2D eigenvalue weighted by Gasteiger charge is 2.29. The first-order valence-corrected chi connectivity index (χ1v) is 3.22. The van der Waals surface area contributed by atoms with Gasteiger partial charge in [-0.05, 0) is 12.5 Å². The van der Waals surface area contributed by atoms with E-state index in [9.17, 15) is 22.8 Å². The summed E-state index contributed by atoms with van der Waals surface area (Å²) in [5.74, 6) is -1.18. The lowest BCUT2D eigenvalue weighted by Gasteiger charge is -2.05. The monoisotopic (exact) mass is 196 g/mol. The summed E-state index contributed by atoms with van der Waals surface area (Å²) in [5, 5.41) is 0. The minimum absolute atomic E-state index is 0.00664. The average Bonchev–Trinajstić information content (AvgIpc) is 1.99. The van der Waals surface area contributed by atoms with Crippen molar-refractivity contribution in [3.8, 4) is 0 Å². The van der Waals surface area contributed by atoms with Crippen molar-refractivity contribution >= 4 is 12.3 Å². The molecule has 0 aliphatic heterocycles. The molecule has 0 aromatic heterocycles. The fraction of sp³-hybridized carbons (Fsp3) is 0.429. The minimum atomic E-state index is -4.54. The number of carbonyl (C=O) groups excluding carboxylic acids is 2. The van der Waals surface area contributed by atoms with Crippen molar-refractivity contribution in [2.75, 3.05) is 6.61 Å². The van der Waals surface area contributed by atoms with Crippen LogP contribution in [0.4, 0.5) is 13.2 Å². The van der Waals surface area contributed by atoms with Crippen LogP contribution in [0.5, 0.6) is 0 Å². The molecule has 6 heteroatoms. The van der Waals surface area contributed by atoms with E-state index in [4.69, 9.17) is 0 Å². The summed E-state index contributed by atoms with van der Waals surface area (Å²) in [6, 6.07) is 0. The first-order valence-electron chi connectivity index (χ1n) is 3.22. The summed E-state index contributed by atoms with van der Waals surface area (Å²) >= 11 is 0. The Morgan fingerprint density at radius 3 is 2.38 bits per heavy atom. The molecule has 0 radical (unpaired) electrons. The lowest BCUT2D eigenvalue weighted by atomic mass is 10.3. The number of rotatable bonds is 3. The first-order chi connectivity index (χ1) is 5.85. The molecular weight excluding hydrogens is 189 g/mol. The molecule has 0 spiro atoms. The number of alkyl halides is 3. The fourth-order valence-corrected chi connectivity index (χ4v) is 0.415. The summed E-state index contributed by atoms with van der Waals surface area (Å²) < 4.78 is 38.2. The van der Waals surface area contributed by atoms with Crippen LogP contribution >= 0.6 is 0 Å². The lowest BCUT2D eigenvalue weighted by Crippen LogP contribution is -2.19. The van der Waals surface area contributed by atoms with Gasteiger partial charge < -0.3 is 4.74 Å². The Hall–Kier alpha value is -1.33. The summed E-state index contributed by atoms with van der Waals surface area (Å²) in [6.07, 6.45) is -3.51. The van der Waals surface area contributed by atoms with Gasteiger partial charge in [0.25, 0.3) is 0 Å². The van der Waals surface area contributed by atoms with Crippen molar-refractivity contribution < 1.29 is 27.5 Å². The predicted molar refractivity (Wildman–Crippen MR) is 36.8 cm³/mol. The minimum Gasteiger partial charge on any atom is -0.453 e. The van der Waals surface area contributed by atoms with E-state index in [2.05, 4.69) is 4.74 Å². The molecule has 13 heavy (non-hydrogen) atoms. The SMILES string of the molecule is C/C(C=O)=C\C(=O)OCC(F)(F)F. The number of halogens is 3. The number of allylic oxidation sites excluding steroid dienone is 1. The van der Waals surface area contributed by atoms with Crippen molar-refractivity contribution in [1.29, 1.82) is 0 Å². The number of esters is 1. The molecular formula is C7H7F3O3. The summed E-state index contributed by atoms with van der Waals surface area (Å²) in [6.45, 7) is -0.365. The molecule has 0 atom stereocenters. The van der Waals surface area contributed by atoms with Crippen LogP contribution in [0.2, 0.25) is 0 Å². The zero-order chi connectivity index (χ0) is 10.5. The maximum absolute atomic E-state index is 11.5. The second-order valence-electron chi connectivity index (χ2n) is 2.23. The topological polar surface area (TPSA) is 43.4 Å². The van der Waals surface area contributed by atoms with E-state index in [0.717, 1.165) is 0 Å². The van der Waals surface area contributed by atoms with Crippen molar-refractivity contribution in [1.82, 2.24) is 0 Å². The molecule has 0 amide bonds. The van der Waals surface area contributed by atoms with E-state index >= 15 is 0 Å². The number of aldehydes is 1. The van der Waals surface area contributed by atoms with Gasteiger partial charge in [-0.3, -0.25) is 4.79 Å². The van der Waals surface area contributed by atoms with Gasteiger partial charge in [-0.2, -0.15) is 13.2 Å². The first kappa shape index (κ1) is 11.7. The second kappa shape index (κ2) is 4.64. The van der Waals surface area contributed by atoms with Crippen LogP contribution in [0, 0.1) is 0 Å². The number of hydrogen-bond donors (Lipinski definition) is 0. The molecule has 0 N–H and O–H groups in total. The maximum atomic E-state index is 11.5. The smallest absolute Gasteiger partial charge is 0.422 e. The van der Waals surface area contributed by atoms with Crippen molar-refractivity contribution in [2.24, 2.45) is 0 Å². The standard InChI is InChI=1S/C7H7F3O3/c1-5(3-11)2-6(12)13-4-7(8,9)10/h2-3H,4H2,1H3/b5-2+. The van der Waals surface area contributed by atoms with E-state index in [1.54, 1.807) is 0 Å². The van der Waals surface area contributed by atoms with Gasteiger partial charge in [0.05, 0.1) is 0 Å². The van der Waals surface area contributed by atoms with Gasteiger partial charge in [0, 0.05) is 6.08 Å². The van der Waals surface area contributed by atoms with Crippen LogP contribution in [0.15, 0.2) is 11.6 Å². The highest BCUT2D eigenvalue weighted by Crippen LogP contribution is 2.14. The molecule has 0 aromatic carbocycles. The van der Waals surface area contributed by atoms with Crippen LogP contribution in [0.25, 0.3) is 0 Å². The molecule has 0 aliphatic carbocycles. The van der Waals surface area contributed by atoms with E-state index in [1.165, 1.54) is 6.92 Å². The third kappa shape index (κ3) is 7.04. The zero-order valence-electron chi connectivity index (χ0n) is 6.72. The van der Waals surface area contributed by atoms with Gasteiger partial charge in [0.1, 0.15) is 6.29 Å². The Morgan fingerprint density at radius 1 is 1.46 bits per heavy atom. The fourth-order valence-electron chi connectivity index (χ4n) is 0.415. The maximum Gasteiger partial charge on any atom is 0.422 e. The van der Waals surface area contributed by atoms with E-state index in [0.29, 0.717) is 12.4 Å². The quantitative estimate of drug-likeness (QED) is 0.387. The average molecular weight is 196 g/mol. The van der Waals surface area contributed by atoms with Gasteiger partial charge in [0.15, 0.2) is 6.61 Å². The molecule has 0 unspecified atom stereocenters. The van der Waals surface area contributed by atoms with Gasteiger partial charge in [-0.1, -0.05) is 0 Å². The molecule has 3 nitrogen and oxygen atoms in total. The van der Waals surface area contributed by atoms with Crippen LogP contribution in [-0.4, -0.2) is 25.0 Å². The van der Waals surface area contributed by atoms with E-state index in [-0.39, 0.29) is 5.57 Å². The summed E-state index contributed by atoms with van der Waals surface area (Å²) in [4.78, 5) is 20.4. The number of carbonyl (C=O) groups is 2. The Bertz CT molecular complexity index is 230. The molecule has 0 bridgehead atoms. The summed E-state index contributed by atoms with van der Waals surface area (Å²) in [7, 11) is 0. The van der Waals surface area contributed by atoms with Crippen LogP contribution in [0.1, 0.15) is 6.92 Å². The third-order valence-corrected chi connectivity index (χ3v) is 0.910. The number of ether oxygens (including phenoxy) is 1. The molecule has 0 fully saturated rings. The van der Waals surface area contributed by atoms with Crippen LogP contribution in [-0.2, 0) is 14.3 Å². The van der Waals surface area contributed by atoms with Crippen LogP contribution in [0.3, 0.4) is 0 Å². The Morgan fingerprint density at radius 2 is 2.00 bits per heavy atom. The molecule has 0 saturated carbocycles. The van der Waals surface area contributed by atoms with Crippen molar-refractivity contribution in [2.45, 2.75) is 13.1 Å². The van der Waals surface area contributed by atoms with E-state index < -0.39 is 18.8 Å². The van der Waals surface area contributed by atoms with Gasteiger partial charge >= 0.3 is 12.1 Å². The Balaban J connectivity index is 3.97. The number of hydrogen-bond acceptors (Lipinski definition) is 3. The Kier molecular flexibility index (Phi) is 4.16. The lowest BCUT2D eigenvalue weighted by molar-refractivity contribution is -0.182. The molecule has 0 aromatic rings. The van der Waals surface area contributed by atoms with Gasteiger partial charge in [0.2, 0.25) is 0 Å². The molecule has 0 rings (SSSR count). The highest BCUT2D eigenvalue weighted by molar-refractivity contribution is 5.89. The van der Waals surface area contributed by atoms with Gasteiger partial charge in [-0.25, -0.2) is 4.79 Å². The van der Waals surface area contributed by atoms with Crippen LogP contribution < -0.4 is 0 Å². The second-order valence-corrected chi connectivity index (χ2v) is 2.23. The van der Waals surface area contributed by atoms with Gasteiger partial charge in [-0.15, -0.1) is 0 Å². The van der Waals surface area contributed by atoms with Crippen molar-refractivity contribution in [3.05, 3.63) is 11.6 Å². The largest absolute Gasteiger partial charge is 0.453 e. The molecule has 0 saturated heterocycles.